The van der Waals surface area contributed by atoms with Gasteiger partial charge >= 0.3 is 0 Å². The molecule has 3 aromatic rings. The molecule has 1 unspecified atom stereocenters. The van der Waals surface area contributed by atoms with Gasteiger partial charge in [-0.2, -0.15) is 5.10 Å². The van der Waals surface area contributed by atoms with E-state index < -0.39 is 0 Å². The molecule has 1 N–H and O–H groups in total. The number of rotatable bonds is 4. The van der Waals surface area contributed by atoms with Gasteiger partial charge in [0.2, 0.25) is 0 Å². The Hall–Kier alpha value is -3.22. The maximum atomic E-state index is 12.6. The molecule has 2 aromatic heterocycles. The fourth-order valence-electron chi connectivity index (χ4n) is 3.77. The minimum Gasteiger partial charge on any atom is -0.497 e. The minimum atomic E-state index is -0.223. The summed E-state index contributed by atoms with van der Waals surface area (Å²) in [6.45, 7) is 4.42. The van der Waals surface area contributed by atoms with Crippen LogP contribution in [0.2, 0.25) is 0 Å². The molecule has 1 aliphatic carbocycles. The molecular weight excluding hydrogens is 354 g/mol. The molecule has 1 atom stereocenters. The third-order valence-corrected chi connectivity index (χ3v) is 5.10. The number of ether oxygens (including phenoxy) is 1. The highest BCUT2D eigenvalue weighted by molar-refractivity contribution is 5.92. The second-order valence-corrected chi connectivity index (χ2v) is 7.82. The largest absolute Gasteiger partial charge is 0.497 e. The normalized spacial score (nSPS) is 17.6. The van der Waals surface area contributed by atoms with Crippen LogP contribution < -0.4 is 10.1 Å². The van der Waals surface area contributed by atoms with Gasteiger partial charge in [0, 0.05) is 18.0 Å². The van der Waals surface area contributed by atoms with E-state index in [0.29, 0.717) is 5.69 Å². The van der Waals surface area contributed by atoms with Crippen molar-refractivity contribution < 1.29 is 9.53 Å². The number of aromatic nitrogens is 4. The van der Waals surface area contributed by atoms with Crippen LogP contribution in [-0.4, -0.2) is 32.8 Å². The Morgan fingerprint density at radius 3 is 2.68 bits per heavy atom. The molecule has 1 aromatic carbocycles. The summed E-state index contributed by atoms with van der Waals surface area (Å²) in [6, 6.07) is 7.69. The molecule has 0 saturated carbocycles. The number of fused-ring (bicyclic) bond motifs is 1. The molecule has 1 aliphatic rings. The Morgan fingerprint density at radius 1 is 1.21 bits per heavy atom. The van der Waals surface area contributed by atoms with Crippen LogP contribution in [0.4, 0.5) is 0 Å². The summed E-state index contributed by atoms with van der Waals surface area (Å²) in [5.74, 6) is 0.582. The molecular formula is C21H23N5O2. The Morgan fingerprint density at radius 2 is 2.00 bits per heavy atom. The number of benzene rings is 1. The van der Waals surface area contributed by atoms with Crippen LogP contribution >= 0.6 is 0 Å². The average molecular weight is 377 g/mol. The summed E-state index contributed by atoms with van der Waals surface area (Å²) in [5.41, 5.74) is 3.48. The van der Waals surface area contributed by atoms with Crippen molar-refractivity contribution in [3.63, 3.8) is 0 Å². The smallest absolute Gasteiger partial charge is 0.271 e. The van der Waals surface area contributed by atoms with Gasteiger partial charge in [0.15, 0.2) is 0 Å². The Bertz CT molecular complexity index is 980. The van der Waals surface area contributed by atoms with Crippen molar-refractivity contribution in [1.82, 2.24) is 25.1 Å². The number of carbonyl (C=O) groups excluding carboxylic acids is 1. The highest BCUT2D eigenvalue weighted by Gasteiger charge is 2.36. The second-order valence-electron chi connectivity index (χ2n) is 7.82. The van der Waals surface area contributed by atoms with Crippen LogP contribution in [-0.2, 0) is 6.42 Å². The first-order valence-electron chi connectivity index (χ1n) is 9.25. The van der Waals surface area contributed by atoms with E-state index in [0.717, 1.165) is 35.5 Å². The minimum absolute atomic E-state index is 0.0254. The zero-order chi connectivity index (χ0) is 19.7. The number of amides is 1. The predicted octanol–water partition coefficient (Wildman–Crippen LogP) is 3.11. The van der Waals surface area contributed by atoms with Gasteiger partial charge in [0.25, 0.3) is 5.91 Å². The summed E-state index contributed by atoms with van der Waals surface area (Å²) in [5, 5.41) is 7.73. The third-order valence-electron chi connectivity index (χ3n) is 5.10. The Kier molecular flexibility index (Phi) is 4.58. The van der Waals surface area contributed by atoms with Crippen LogP contribution in [0, 0.1) is 5.41 Å². The number of hydrogen-bond acceptors (Lipinski definition) is 5. The molecule has 28 heavy (non-hydrogen) atoms. The van der Waals surface area contributed by atoms with E-state index in [4.69, 9.17) is 4.74 Å². The lowest BCUT2D eigenvalue weighted by Gasteiger charge is -2.35. The fourth-order valence-corrected chi connectivity index (χ4v) is 3.77. The first-order valence-corrected chi connectivity index (χ1v) is 9.25. The first kappa shape index (κ1) is 18.2. The molecule has 7 heteroatoms. The van der Waals surface area contributed by atoms with Crippen LogP contribution in [0.25, 0.3) is 5.69 Å². The lowest BCUT2D eigenvalue weighted by molar-refractivity contribution is 0.0913. The van der Waals surface area contributed by atoms with Gasteiger partial charge in [-0.3, -0.25) is 9.78 Å². The first-order chi connectivity index (χ1) is 13.5. The predicted molar refractivity (Wildman–Crippen MR) is 104 cm³/mol. The lowest BCUT2D eigenvalue weighted by Crippen LogP contribution is -2.37. The van der Waals surface area contributed by atoms with Crippen LogP contribution in [0.3, 0.4) is 0 Å². The van der Waals surface area contributed by atoms with Gasteiger partial charge in [-0.1, -0.05) is 13.8 Å². The maximum absolute atomic E-state index is 12.6. The van der Waals surface area contributed by atoms with Crippen molar-refractivity contribution >= 4 is 5.91 Å². The summed E-state index contributed by atoms with van der Waals surface area (Å²) < 4.78 is 7.20. The number of nitrogens with zero attached hydrogens (tertiary/aromatic N) is 4. The zero-order valence-corrected chi connectivity index (χ0v) is 16.2. The average Bonchev–Trinajstić information content (AvgIpc) is 3.11. The molecule has 0 fully saturated rings. The molecule has 144 valence electrons. The van der Waals surface area contributed by atoms with Crippen molar-refractivity contribution in [2.24, 2.45) is 5.41 Å². The molecule has 0 saturated heterocycles. The third kappa shape index (κ3) is 3.47. The summed E-state index contributed by atoms with van der Waals surface area (Å²) in [6.07, 6.45) is 8.12. The highest BCUT2D eigenvalue weighted by atomic mass is 16.5. The van der Waals surface area contributed by atoms with Crippen molar-refractivity contribution in [3.8, 4) is 11.4 Å². The number of nitrogens with one attached hydrogen (secondary N) is 1. The van der Waals surface area contributed by atoms with Gasteiger partial charge in [0.1, 0.15) is 11.4 Å². The molecule has 1 amide bonds. The Labute approximate surface area is 163 Å². The number of hydrogen-bond donors (Lipinski definition) is 1. The highest BCUT2D eigenvalue weighted by Crippen LogP contribution is 2.41. The van der Waals surface area contributed by atoms with E-state index >= 15 is 0 Å². The fraction of sp³-hybridized carbons (Fsp3) is 0.333. The standard InChI is InChI=1S/C21H23N5O2/c1-21(2)10-17(25-20(27)18-13-22-8-9-23-18)16-12-24-26(19(16)11-21)14-4-6-15(28-3)7-5-14/h4-9,12-13,17H,10-11H2,1-3H3,(H,25,27). The summed E-state index contributed by atoms with van der Waals surface area (Å²) in [4.78, 5) is 20.7. The molecule has 0 radical (unpaired) electrons. The van der Waals surface area contributed by atoms with E-state index in [2.05, 4.69) is 34.2 Å². The van der Waals surface area contributed by atoms with Gasteiger partial charge in [0.05, 0.1) is 36.9 Å². The molecule has 4 rings (SSSR count). The summed E-state index contributed by atoms with van der Waals surface area (Å²) >= 11 is 0. The van der Waals surface area contributed by atoms with Gasteiger partial charge < -0.3 is 10.1 Å². The molecule has 0 spiro atoms. The van der Waals surface area contributed by atoms with Crippen molar-refractivity contribution in [3.05, 3.63) is 66.0 Å². The Balaban J connectivity index is 1.67. The van der Waals surface area contributed by atoms with Crippen LogP contribution in [0.5, 0.6) is 5.75 Å². The molecule has 7 nitrogen and oxygen atoms in total. The van der Waals surface area contributed by atoms with Crippen molar-refractivity contribution in [2.75, 3.05) is 7.11 Å². The SMILES string of the molecule is COc1ccc(-n2ncc3c2CC(C)(C)CC3NC(=O)c2cnccn2)cc1. The van der Waals surface area contributed by atoms with Crippen LogP contribution in [0.1, 0.15) is 48.1 Å². The van der Waals surface area contributed by atoms with E-state index in [-0.39, 0.29) is 17.4 Å². The van der Waals surface area contributed by atoms with E-state index in [1.807, 2.05) is 35.1 Å². The van der Waals surface area contributed by atoms with E-state index in [1.165, 1.54) is 12.4 Å². The number of methoxy groups -OCH3 is 1. The van der Waals surface area contributed by atoms with Crippen molar-refractivity contribution in [2.45, 2.75) is 32.7 Å². The van der Waals surface area contributed by atoms with Gasteiger partial charge in [-0.25, -0.2) is 9.67 Å². The van der Waals surface area contributed by atoms with Gasteiger partial charge in [-0.15, -0.1) is 0 Å². The zero-order valence-electron chi connectivity index (χ0n) is 16.2. The monoisotopic (exact) mass is 377 g/mol. The second kappa shape index (κ2) is 7.07. The lowest BCUT2D eigenvalue weighted by atomic mass is 9.74. The number of carbonyl (C=O) groups is 1. The maximum Gasteiger partial charge on any atom is 0.271 e. The van der Waals surface area contributed by atoms with E-state index in [9.17, 15) is 4.79 Å². The topological polar surface area (TPSA) is 81.9 Å². The molecule has 0 bridgehead atoms. The van der Waals surface area contributed by atoms with Crippen LogP contribution in [0.15, 0.2) is 49.1 Å². The van der Waals surface area contributed by atoms with E-state index in [1.54, 1.807) is 13.3 Å². The summed E-state index contributed by atoms with van der Waals surface area (Å²) in [7, 11) is 1.65. The molecule has 0 aliphatic heterocycles. The molecule has 2 heterocycles. The van der Waals surface area contributed by atoms with Crippen molar-refractivity contribution in [1.29, 1.82) is 0 Å². The van der Waals surface area contributed by atoms with Gasteiger partial charge in [-0.05, 0) is 42.5 Å². The quantitative estimate of drug-likeness (QED) is 0.755.